The number of rotatable bonds is 9. The third kappa shape index (κ3) is 4.39. The Hall–Kier alpha value is -0.210. The molecule has 0 N–H and O–H groups in total. The highest BCUT2D eigenvalue weighted by Gasteiger charge is 2.58. The SMILES string of the molecule is CCCC(CC)C(C)(C(CCC)CCC)C(F)(F)F. The molecule has 0 aliphatic rings. The summed E-state index contributed by atoms with van der Waals surface area (Å²) in [6, 6.07) is 0. The largest absolute Gasteiger partial charge is 0.394 e. The van der Waals surface area contributed by atoms with Gasteiger partial charge in [0.1, 0.15) is 0 Å². The van der Waals surface area contributed by atoms with Crippen molar-refractivity contribution >= 4 is 0 Å². The molecule has 0 nitrogen and oxygen atoms in total. The van der Waals surface area contributed by atoms with Crippen molar-refractivity contribution in [3.8, 4) is 0 Å². The van der Waals surface area contributed by atoms with Crippen molar-refractivity contribution in [2.24, 2.45) is 17.3 Å². The molecule has 0 aromatic heterocycles. The second-order valence-corrected chi connectivity index (χ2v) is 5.95. The minimum atomic E-state index is -4.10. The van der Waals surface area contributed by atoms with Crippen molar-refractivity contribution in [2.45, 2.75) is 85.7 Å². The second-order valence-electron chi connectivity index (χ2n) is 5.95. The van der Waals surface area contributed by atoms with E-state index >= 15 is 0 Å². The van der Waals surface area contributed by atoms with Crippen molar-refractivity contribution in [2.75, 3.05) is 0 Å². The van der Waals surface area contributed by atoms with E-state index in [0.717, 1.165) is 19.3 Å². The van der Waals surface area contributed by atoms with Crippen molar-refractivity contribution in [1.82, 2.24) is 0 Å². The number of halogens is 3. The molecule has 2 unspecified atom stereocenters. The molecule has 0 aromatic carbocycles. The molecule has 0 fully saturated rings. The first-order valence-corrected chi connectivity index (χ1v) is 7.86. The fourth-order valence-corrected chi connectivity index (χ4v) is 3.51. The van der Waals surface area contributed by atoms with E-state index in [1.165, 1.54) is 6.92 Å². The number of hydrogen-bond donors (Lipinski definition) is 0. The fourth-order valence-electron chi connectivity index (χ4n) is 3.51. The zero-order valence-corrected chi connectivity index (χ0v) is 13.2. The number of alkyl halides is 3. The lowest BCUT2D eigenvalue weighted by atomic mass is 9.62. The lowest BCUT2D eigenvalue weighted by molar-refractivity contribution is -0.259. The third-order valence-corrected chi connectivity index (χ3v) is 4.71. The van der Waals surface area contributed by atoms with Gasteiger partial charge in [0.2, 0.25) is 0 Å². The van der Waals surface area contributed by atoms with Gasteiger partial charge < -0.3 is 0 Å². The minimum absolute atomic E-state index is 0.237. The van der Waals surface area contributed by atoms with Crippen LogP contribution in [0.5, 0.6) is 0 Å². The zero-order valence-electron chi connectivity index (χ0n) is 13.2. The van der Waals surface area contributed by atoms with E-state index in [1.54, 1.807) is 0 Å². The van der Waals surface area contributed by atoms with E-state index < -0.39 is 11.6 Å². The normalized spacial score (nSPS) is 17.5. The quantitative estimate of drug-likeness (QED) is 0.446. The van der Waals surface area contributed by atoms with Gasteiger partial charge in [0.15, 0.2) is 0 Å². The Labute approximate surface area is 117 Å². The Balaban J connectivity index is 5.45. The topological polar surface area (TPSA) is 0 Å². The smallest absolute Gasteiger partial charge is 0.170 e. The van der Waals surface area contributed by atoms with E-state index in [1.807, 2.05) is 27.7 Å². The van der Waals surface area contributed by atoms with E-state index in [0.29, 0.717) is 25.7 Å². The molecular formula is C16H31F3. The summed E-state index contributed by atoms with van der Waals surface area (Å²) in [5.74, 6) is -0.486. The Morgan fingerprint density at radius 3 is 1.37 bits per heavy atom. The van der Waals surface area contributed by atoms with Crippen LogP contribution >= 0.6 is 0 Å². The molecule has 0 amide bonds. The first-order chi connectivity index (χ1) is 8.79. The lowest BCUT2D eigenvalue weighted by Gasteiger charge is -2.45. The molecular weight excluding hydrogens is 249 g/mol. The van der Waals surface area contributed by atoms with Gasteiger partial charge in [0.05, 0.1) is 5.41 Å². The molecule has 0 saturated heterocycles. The van der Waals surface area contributed by atoms with Crippen LogP contribution in [-0.2, 0) is 0 Å². The highest BCUT2D eigenvalue weighted by Crippen LogP contribution is 2.54. The summed E-state index contributed by atoms with van der Waals surface area (Å²) in [7, 11) is 0. The molecule has 0 spiro atoms. The molecule has 0 radical (unpaired) electrons. The molecule has 0 aliphatic carbocycles. The van der Waals surface area contributed by atoms with Gasteiger partial charge in [-0.25, -0.2) is 0 Å². The monoisotopic (exact) mass is 280 g/mol. The standard InChI is InChI=1S/C16H31F3/c1-6-10-13(9-4)15(5,16(17,18)19)14(11-7-2)12-8-3/h13-14H,6-12H2,1-5H3. The maximum Gasteiger partial charge on any atom is 0.394 e. The van der Waals surface area contributed by atoms with Gasteiger partial charge in [-0.15, -0.1) is 0 Å². The highest BCUT2D eigenvalue weighted by atomic mass is 19.4. The molecule has 3 heteroatoms. The van der Waals surface area contributed by atoms with Crippen LogP contribution in [-0.4, -0.2) is 6.18 Å². The molecule has 0 aromatic rings. The average Bonchev–Trinajstić information content (AvgIpc) is 2.33. The van der Waals surface area contributed by atoms with E-state index in [-0.39, 0.29) is 11.8 Å². The van der Waals surface area contributed by atoms with Crippen molar-refractivity contribution in [3.05, 3.63) is 0 Å². The molecule has 0 saturated carbocycles. The fraction of sp³-hybridized carbons (Fsp3) is 1.00. The summed E-state index contributed by atoms with van der Waals surface area (Å²) < 4.78 is 41.3. The summed E-state index contributed by atoms with van der Waals surface area (Å²) in [5, 5.41) is 0. The number of hydrogen-bond acceptors (Lipinski definition) is 0. The van der Waals surface area contributed by atoms with Gasteiger partial charge in [0.25, 0.3) is 0 Å². The zero-order chi connectivity index (χ0) is 15.1. The van der Waals surface area contributed by atoms with Crippen LogP contribution in [0.1, 0.15) is 79.6 Å². The average molecular weight is 280 g/mol. The van der Waals surface area contributed by atoms with Crippen LogP contribution in [0.2, 0.25) is 0 Å². The van der Waals surface area contributed by atoms with Crippen molar-refractivity contribution < 1.29 is 13.2 Å². The van der Waals surface area contributed by atoms with Crippen LogP contribution in [0.15, 0.2) is 0 Å². The maximum atomic E-state index is 13.8. The third-order valence-electron chi connectivity index (χ3n) is 4.71. The summed E-state index contributed by atoms with van der Waals surface area (Å²) >= 11 is 0. The van der Waals surface area contributed by atoms with E-state index in [4.69, 9.17) is 0 Å². The second kappa shape index (κ2) is 8.16. The Kier molecular flexibility index (Phi) is 8.07. The Morgan fingerprint density at radius 2 is 1.11 bits per heavy atom. The van der Waals surface area contributed by atoms with Crippen LogP contribution in [0.4, 0.5) is 13.2 Å². The first-order valence-electron chi connectivity index (χ1n) is 7.86. The van der Waals surface area contributed by atoms with Crippen molar-refractivity contribution in [1.29, 1.82) is 0 Å². The highest BCUT2D eigenvalue weighted by molar-refractivity contribution is 4.93. The van der Waals surface area contributed by atoms with Gasteiger partial charge in [0, 0.05) is 0 Å². The molecule has 0 rings (SSSR count). The summed E-state index contributed by atoms with van der Waals surface area (Å²) in [6.45, 7) is 9.33. The van der Waals surface area contributed by atoms with Gasteiger partial charge in [-0.05, 0) is 31.1 Å². The molecule has 2 atom stereocenters. The van der Waals surface area contributed by atoms with Crippen LogP contribution in [0, 0.1) is 17.3 Å². The molecule has 19 heavy (non-hydrogen) atoms. The summed E-state index contributed by atoms with van der Waals surface area (Å²) in [6.07, 6.45) is 1.06. The van der Waals surface area contributed by atoms with Crippen LogP contribution in [0.3, 0.4) is 0 Å². The predicted molar refractivity (Wildman–Crippen MR) is 76.2 cm³/mol. The molecule has 0 heterocycles. The predicted octanol–water partition coefficient (Wildman–Crippen LogP) is 6.60. The summed E-state index contributed by atoms with van der Waals surface area (Å²) in [5.41, 5.74) is -1.52. The summed E-state index contributed by atoms with van der Waals surface area (Å²) in [4.78, 5) is 0. The minimum Gasteiger partial charge on any atom is -0.170 e. The first kappa shape index (κ1) is 18.8. The Bertz CT molecular complexity index is 229. The lowest BCUT2D eigenvalue weighted by Crippen LogP contribution is -2.47. The van der Waals surface area contributed by atoms with E-state index in [2.05, 4.69) is 0 Å². The van der Waals surface area contributed by atoms with Gasteiger partial charge in [-0.2, -0.15) is 13.2 Å². The Morgan fingerprint density at radius 1 is 0.737 bits per heavy atom. The van der Waals surface area contributed by atoms with Gasteiger partial charge in [-0.3, -0.25) is 0 Å². The molecule has 0 aliphatic heterocycles. The van der Waals surface area contributed by atoms with Crippen LogP contribution < -0.4 is 0 Å². The van der Waals surface area contributed by atoms with Gasteiger partial charge in [-0.1, -0.05) is 60.3 Å². The molecule has 0 bridgehead atoms. The molecule has 116 valence electrons. The maximum absolute atomic E-state index is 13.8. The van der Waals surface area contributed by atoms with Crippen molar-refractivity contribution in [3.63, 3.8) is 0 Å². The van der Waals surface area contributed by atoms with E-state index in [9.17, 15) is 13.2 Å². The van der Waals surface area contributed by atoms with Gasteiger partial charge >= 0.3 is 6.18 Å². The van der Waals surface area contributed by atoms with Crippen LogP contribution in [0.25, 0.3) is 0 Å².